The third-order valence-corrected chi connectivity index (χ3v) is 2.11. The van der Waals surface area contributed by atoms with Crippen LogP contribution in [-0.4, -0.2) is 5.11 Å². The first-order chi connectivity index (χ1) is 6.74. The van der Waals surface area contributed by atoms with E-state index in [2.05, 4.69) is 12.5 Å². The van der Waals surface area contributed by atoms with Gasteiger partial charge < -0.3 is 5.11 Å². The quantitative estimate of drug-likeness (QED) is 0.717. The summed E-state index contributed by atoms with van der Waals surface area (Å²) < 4.78 is 0. The molecule has 0 spiro atoms. The summed E-state index contributed by atoms with van der Waals surface area (Å²) in [4.78, 5) is 0. The Kier molecular flexibility index (Phi) is 3.97. The van der Waals surface area contributed by atoms with E-state index in [-0.39, 0.29) is 0 Å². The van der Waals surface area contributed by atoms with Crippen LogP contribution in [0.5, 0.6) is 0 Å². The maximum Gasteiger partial charge on any atom is 0.0793 e. The first-order valence-corrected chi connectivity index (χ1v) is 4.61. The number of hydrogen-bond donors (Lipinski definition) is 1. The van der Waals surface area contributed by atoms with Crippen LogP contribution in [0, 0.1) is 12.3 Å². The molecule has 0 aliphatic carbocycles. The summed E-state index contributed by atoms with van der Waals surface area (Å²) in [6.45, 7) is 3.69. The molecule has 0 aliphatic heterocycles. The van der Waals surface area contributed by atoms with Crippen molar-refractivity contribution >= 4 is 0 Å². The minimum atomic E-state index is -0.443. The van der Waals surface area contributed by atoms with Crippen LogP contribution in [0.3, 0.4) is 0 Å². The van der Waals surface area contributed by atoms with Gasteiger partial charge in [-0.2, -0.15) is 0 Å². The number of aliphatic hydroxyl groups is 1. The van der Waals surface area contributed by atoms with Crippen molar-refractivity contribution in [3.05, 3.63) is 48.0 Å². The Morgan fingerprint density at radius 1 is 1.43 bits per heavy atom. The molecule has 0 radical (unpaired) electrons. The molecular weight excluding hydrogens is 172 g/mol. The zero-order valence-corrected chi connectivity index (χ0v) is 8.11. The van der Waals surface area contributed by atoms with E-state index in [1.807, 2.05) is 30.3 Å². The van der Waals surface area contributed by atoms with Crippen LogP contribution < -0.4 is 0 Å². The highest BCUT2D eigenvalue weighted by molar-refractivity contribution is 5.22. The summed E-state index contributed by atoms with van der Waals surface area (Å²) in [7, 11) is 0. The standard InChI is InChI=1S/C13H14O/c1-3-11(2)9-10-13(14)12-7-5-4-6-8-12/h1,4-8,13-14H,2,9-10H2/t13-/m1/s1. The molecule has 1 heteroatoms. The molecule has 0 saturated heterocycles. The highest BCUT2D eigenvalue weighted by Gasteiger charge is 2.06. The van der Waals surface area contributed by atoms with E-state index in [9.17, 15) is 5.11 Å². The molecule has 1 aromatic rings. The van der Waals surface area contributed by atoms with Crippen LogP contribution in [0.4, 0.5) is 0 Å². The fraction of sp³-hybridized carbons (Fsp3) is 0.231. The lowest BCUT2D eigenvalue weighted by Gasteiger charge is -2.09. The van der Waals surface area contributed by atoms with Gasteiger partial charge in [0.25, 0.3) is 0 Å². The number of allylic oxidation sites excluding steroid dienone is 1. The van der Waals surface area contributed by atoms with Crippen molar-refractivity contribution in [2.45, 2.75) is 18.9 Å². The van der Waals surface area contributed by atoms with E-state index in [4.69, 9.17) is 6.42 Å². The maximum atomic E-state index is 9.76. The highest BCUT2D eigenvalue weighted by Crippen LogP contribution is 2.19. The van der Waals surface area contributed by atoms with Gasteiger partial charge in [0.2, 0.25) is 0 Å². The van der Waals surface area contributed by atoms with Gasteiger partial charge in [-0.1, -0.05) is 42.8 Å². The largest absolute Gasteiger partial charge is 0.388 e. The van der Waals surface area contributed by atoms with Crippen LogP contribution >= 0.6 is 0 Å². The maximum absolute atomic E-state index is 9.76. The van der Waals surface area contributed by atoms with Crippen LogP contribution in [0.25, 0.3) is 0 Å². The lowest BCUT2D eigenvalue weighted by atomic mass is 10.0. The lowest BCUT2D eigenvalue weighted by Crippen LogP contribution is -1.97. The van der Waals surface area contributed by atoms with Crippen molar-refractivity contribution in [2.75, 3.05) is 0 Å². The molecule has 0 aromatic heterocycles. The second-order valence-corrected chi connectivity index (χ2v) is 3.21. The number of benzene rings is 1. The molecule has 0 saturated carbocycles. The number of hydrogen-bond acceptors (Lipinski definition) is 1. The summed E-state index contributed by atoms with van der Waals surface area (Å²) in [5.74, 6) is 2.47. The monoisotopic (exact) mass is 186 g/mol. The predicted molar refractivity (Wildman–Crippen MR) is 58.6 cm³/mol. The van der Waals surface area contributed by atoms with Gasteiger partial charge in [-0.15, -0.1) is 6.42 Å². The van der Waals surface area contributed by atoms with Crippen LogP contribution in [-0.2, 0) is 0 Å². The van der Waals surface area contributed by atoms with Gasteiger partial charge in [0.15, 0.2) is 0 Å². The van der Waals surface area contributed by atoms with Crippen molar-refractivity contribution in [1.82, 2.24) is 0 Å². The minimum absolute atomic E-state index is 0.443. The van der Waals surface area contributed by atoms with Gasteiger partial charge >= 0.3 is 0 Å². The summed E-state index contributed by atoms with van der Waals surface area (Å²) in [6.07, 6.45) is 6.03. The number of rotatable bonds is 4. The third kappa shape index (κ3) is 3.08. The topological polar surface area (TPSA) is 20.2 Å². The Labute approximate surface area is 85.1 Å². The van der Waals surface area contributed by atoms with E-state index < -0.39 is 6.10 Å². The van der Waals surface area contributed by atoms with Crippen molar-refractivity contribution in [2.24, 2.45) is 0 Å². The van der Waals surface area contributed by atoms with E-state index >= 15 is 0 Å². The van der Waals surface area contributed by atoms with Gasteiger partial charge in [0.05, 0.1) is 6.10 Å². The zero-order valence-electron chi connectivity index (χ0n) is 8.11. The van der Waals surface area contributed by atoms with Crippen molar-refractivity contribution in [3.8, 4) is 12.3 Å². The lowest BCUT2D eigenvalue weighted by molar-refractivity contribution is 0.168. The summed E-state index contributed by atoms with van der Waals surface area (Å²) >= 11 is 0. The van der Waals surface area contributed by atoms with Gasteiger partial charge in [-0.3, -0.25) is 0 Å². The Morgan fingerprint density at radius 3 is 2.64 bits per heavy atom. The van der Waals surface area contributed by atoms with Crippen LogP contribution in [0.1, 0.15) is 24.5 Å². The normalized spacial score (nSPS) is 11.7. The second-order valence-electron chi connectivity index (χ2n) is 3.21. The van der Waals surface area contributed by atoms with Gasteiger partial charge in [0, 0.05) is 0 Å². The Balaban J connectivity index is 2.48. The highest BCUT2D eigenvalue weighted by atomic mass is 16.3. The Morgan fingerprint density at radius 2 is 2.07 bits per heavy atom. The molecule has 0 bridgehead atoms. The van der Waals surface area contributed by atoms with Gasteiger partial charge in [-0.05, 0) is 24.0 Å². The molecule has 1 atom stereocenters. The van der Waals surface area contributed by atoms with E-state index in [0.717, 1.165) is 11.1 Å². The summed E-state index contributed by atoms with van der Waals surface area (Å²) in [6, 6.07) is 9.56. The fourth-order valence-electron chi connectivity index (χ4n) is 1.22. The molecular formula is C13H14O. The second kappa shape index (κ2) is 5.26. The average Bonchev–Trinajstić information content (AvgIpc) is 2.26. The molecule has 0 heterocycles. The van der Waals surface area contributed by atoms with E-state index in [1.165, 1.54) is 0 Å². The molecule has 1 nitrogen and oxygen atoms in total. The number of aliphatic hydroxyl groups excluding tert-OH is 1. The molecule has 1 N–H and O–H groups in total. The predicted octanol–water partition coefficient (Wildman–Crippen LogP) is 2.69. The van der Waals surface area contributed by atoms with Gasteiger partial charge in [-0.25, -0.2) is 0 Å². The first-order valence-electron chi connectivity index (χ1n) is 4.61. The van der Waals surface area contributed by atoms with Crippen molar-refractivity contribution in [1.29, 1.82) is 0 Å². The molecule has 0 amide bonds. The van der Waals surface area contributed by atoms with Crippen LogP contribution in [0.15, 0.2) is 42.5 Å². The van der Waals surface area contributed by atoms with E-state index in [0.29, 0.717) is 12.8 Å². The van der Waals surface area contributed by atoms with Crippen LogP contribution in [0.2, 0.25) is 0 Å². The molecule has 1 aromatic carbocycles. The fourth-order valence-corrected chi connectivity index (χ4v) is 1.22. The third-order valence-electron chi connectivity index (χ3n) is 2.11. The minimum Gasteiger partial charge on any atom is -0.388 e. The van der Waals surface area contributed by atoms with E-state index in [1.54, 1.807) is 0 Å². The molecule has 0 unspecified atom stereocenters. The summed E-state index contributed by atoms with van der Waals surface area (Å²) in [5.41, 5.74) is 1.66. The molecule has 72 valence electrons. The van der Waals surface area contributed by atoms with Crippen molar-refractivity contribution in [3.63, 3.8) is 0 Å². The Hall–Kier alpha value is -1.52. The molecule has 0 fully saturated rings. The molecule has 0 aliphatic rings. The number of terminal acetylenes is 1. The summed E-state index contributed by atoms with van der Waals surface area (Å²) in [5, 5.41) is 9.76. The molecule has 14 heavy (non-hydrogen) atoms. The zero-order chi connectivity index (χ0) is 10.4. The SMILES string of the molecule is C#CC(=C)CC[C@@H](O)c1ccccc1. The average molecular weight is 186 g/mol. The smallest absolute Gasteiger partial charge is 0.0793 e. The molecule has 1 rings (SSSR count). The Bertz CT molecular complexity index is 332. The van der Waals surface area contributed by atoms with Gasteiger partial charge in [0.1, 0.15) is 0 Å². The van der Waals surface area contributed by atoms with Crippen molar-refractivity contribution < 1.29 is 5.11 Å². The first kappa shape index (κ1) is 10.6.